The molecule has 0 unspecified atom stereocenters. The van der Waals surface area contributed by atoms with E-state index in [9.17, 15) is 4.79 Å². The Labute approximate surface area is 146 Å². The Morgan fingerprint density at radius 1 is 1.36 bits per heavy atom. The number of morpholine rings is 1. The molecule has 7 heteroatoms. The minimum atomic E-state index is -0.447. The van der Waals surface area contributed by atoms with Crippen LogP contribution in [0.1, 0.15) is 43.1 Å². The maximum absolute atomic E-state index is 12.9. The highest BCUT2D eigenvalue weighted by molar-refractivity contribution is 5.82. The summed E-state index contributed by atoms with van der Waals surface area (Å²) in [6.45, 7) is 5.59. The highest BCUT2D eigenvalue weighted by atomic mass is 16.5. The fourth-order valence-electron chi connectivity index (χ4n) is 3.23. The SMILES string of the molecule is CC(C)c1n[nH]c([C@@H]2CN(C(=O)[C@H]3Cc4ccccc4O3)CCO2)n1. The number of aromatic amines is 1. The summed E-state index contributed by atoms with van der Waals surface area (Å²) in [6, 6.07) is 7.81. The summed E-state index contributed by atoms with van der Waals surface area (Å²) < 4.78 is 11.6. The molecule has 4 rings (SSSR count). The Hall–Kier alpha value is -2.41. The number of fused-ring (bicyclic) bond motifs is 1. The monoisotopic (exact) mass is 342 g/mol. The highest BCUT2D eigenvalue weighted by Gasteiger charge is 2.35. The lowest BCUT2D eigenvalue weighted by Gasteiger charge is -2.33. The van der Waals surface area contributed by atoms with E-state index in [-0.39, 0.29) is 17.9 Å². The fraction of sp³-hybridized carbons (Fsp3) is 0.500. The summed E-state index contributed by atoms with van der Waals surface area (Å²) in [5, 5.41) is 7.17. The van der Waals surface area contributed by atoms with Crippen LogP contribution in [-0.4, -0.2) is 51.8 Å². The number of rotatable bonds is 3. The maximum atomic E-state index is 12.9. The van der Waals surface area contributed by atoms with Crippen LogP contribution in [-0.2, 0) is 16.0 Å². The third kappa shape index (κ3) is 3.11. The van der Waals surface area contributed by atoms with E-state index in [2.05, 4.69) is 15.2 Å². The minimum Gasteiger partial charge on any atom is -0.480 e. The van der Waals surface area contributed by atoms with Crippen LogP contribution in [0.4, 0.5) is 0 Å². The van der Waals surface area contributed by atoms with Crippen molar-refractivity contribution in [3.05, 3.63) is 41.5 Å². The molecule has 2 aliphatic rings. The Balaban J connectivity index is 1.43. The predicted octanol–water partition coefficient (Wildman–Crippen LogP) is 1.83. The molecule has 0 saturated carbocycles. The fourth-order valence-corrected chi connectivity index (χ4v) is 3.23. The van der Waals surface area contributed by atoms with Crippen molar-refractivity contribution < 1.29 is 14.3 Å². The van der Waals surface area contributed by atoms with Gasteiger partial charge in [0.05, 0.1) is 13.2 Å². The Morgan fingerprint density at radius 3 is 2.96 bits per heavy atom. The first-order valence-corrected chi connectivity index (χ1v) is 8.69. The first-order chi connectivity index (χ1) is 12.1. The summed E-state index contributed by atoms with van der Waals surface area (Å²) >= 11 is 0. The number of aromatic nitrogens is 3. The molecule has 7 nitrogen and oxygen atoms in total. The molecule has 0 aliphatic carbocycles. The van der Waals surface area contributed by atoms with E-state index in [1.165, 1.54) is 0 Å². The third-order valence-electron chi connectivity index (χ3n) is 4.64. The number of carbonyl (C=O) groups is 1. The molecule has 0 spiro atoms. The summed E-state index contributed by atoms with van der Waals surface area (Å²) in [6.07, 6.45) is -0.102. The summed E-state index contributed by atoms with van der Waals surface area (Å²) in [7, 11) is 0. The second-order valence-corrected chi connectivity index (χ2v) is 6.80. The van der Waals surface area contributed by atoms with Gasteiger partial charge < -0.3 is 14.4 Å². The van der Waals surface area contributed by atoms with Crippen LogP contribution in [0.3, 0.4) is 0 Å². The topological polar surface area (TPSA) is 80.3 Å². The molecule has 0 bridgehead atoms. The largest absolute Gasteiger partial charge is 0.480 e. The number of H-pyrrole nitrogens is 1. The van der Waals surface area contributed by atoms with E-state index in [0.717, 1.165) is 17.1 Å². The molecule has 1 amide bonds. The standard InChI is InChI=1S/C18H22N4O3/c1-11(2)16-19-17(21-20-16)15-10-22(7-8-24-15)18(23)14-9-12-5-3-4-6-13(12)25-14/h3-6,11,14-15H,7-10H2,1-2H3,(H,19,20,21)/t14-,15+/m1/s1. The van der Waals surface area contributed by atoms with Crippen LogP contribution in [0, 0.1) is 0 Å². The van der Waals surface area contributed by atoms with Gasteiger partial charge in [-0.05, 0) is 11.6 Å². The van der Waals surface area contributed by atoms with Gasteiger partial charge in [-0.1, -0.05) is 32.0 Å². The molecule has 3 heterocycles. The van der Waals surface area contributed by atoms with E-state index in [0.29, 0.717) is 31.9 Å². The van der Waals surface area contributed by atoms with Crippen LogP contribution < -0.4 is 4.74 Å². The highest BCUT2D eigenvalue weighted by Crippen LogP contribution is 2.30. The number of hydrogen-bond acceptors (Lipinski definition) is 5. The average Bonchev–Trinajstić information content (AvgIpc) is 3.28. The zero-order valence-electron chi connectivity index (χ0n) is 14.4. The van der Waals surface area contributed by atoms with Crippen molar-refractivity contribution >= 4 is 5.91 Å². The molecule has 25 heavy (non-hydrogen) atoms. The minimum absolute atomic E-state index is 0.00750. The van der Waals surface area contributed by atoms with Crippen molar-refractivity contribution in [3.63, 3.8) is 0 Å². The zero-order valence-corrected chi connectivity index (χ0v) is 14.4. The van der Waals surface area contributed by atoms with Gasteiger partial charge in [0.1, 0.15) is 11.9 Å². The van der Waals surface area contributed by atoms with Gasteiger partial charge in [0.15, 0.2) is 17.8 Å². The molecule has 1 aromatic carbocycles. The summed E-state index contributed by atoms with van der Waals surface area (Å²) in [4.78, 5) is 19.2. The van der Waals surface area contributed by atoms with E-state index in [4.69, 9.17) is 9.47 Å². The summed E-state index contributed by atoms with van der Waals surface area (Å²) in [5.41, 5.74) is 1.09. The van der Waals surface area contributed by atoms with Crippen LogP contribution in [0.2, 0.25) is 0 Å². The molecule has 2 aliphatic heterocycles. The van der Waals surface area contributed by atoms with Crippen molar-refractivity contribution in [2.75, 3.05) is 19.7 Å². The molecule has 132 valence electrons. The van der Waals surface area contributed by atoms with E-state index < -0.39 is 6.10 Å². The van der Waals surface area contributed by atoms with Gasteiger partial charge in [-0.15, -0.1) is 0 Å². The van der Waals surface area contributed by atoms with E-state index >= 15 is 0 Å². The Bertz CT molecular complexity index is 748. The second kappa shape index (κ2) is 6.48. The van der Waals surface area contributed by atoms with Crippen molar-refractivity contribution in [2.24, 2.45) is 0 Å². The average molecular weight is 342 g/mol. The molecule has 2 aromatic rings. The van der Waals surface area contributed by atoms with Crippen molar-refractivity contribution in [2.45, 2.75) is 38.4 Å². The number of ether oxygens (including phenoxy) is 2. The molecule has 0 radical (unpaired) electrons. The number of nitrogens with one attached hydrogen (secondary N) is 1. The zero-order chi connectivity index (χ0) is 17.4. The van der Waals surface area contributed by atoms with Gasteiger partial charge in [-0.25, -0.2) is 4.98 Å². The van der Waals surface area contributed by atoms with E-state index in [1.54, 1.807) is 0 Å². The number of nitrogens with zero attached hydrogens (tertiary/aromatic N) is 3. The number of para-hydroxylation sites is 1. The maximum Gasteiger partial charge on any atom is 0.264 e. The number of benzene rings is 1. The number of amides is 1. The quantitative estimate of drug-likeness (QED) is 0.920. The second-order valence-electron chi connectivity index (χ2n) is 6.80. The molecule has 1 aromatic heterocycles. The van der Waals surface area contributed by atoms with E-state index in [1.807, 2.05) is 43.0 Å². The van der Waals surface area contributed by atoms with Gasteiger partial charge in [-0.3, -0.25) is 9.89 Å². The summed E-state index contributed by atoms with van der Waals surface area (Å²) in [5.74, 6) is 2.50. The number of hydrogen-bond donors (Lipinski definition) is 1. The third-order valence-corrected chi connectivity index (χ3v) is 4.64. The molecule has 1 saturated heterocycles. The predicted molar refractivity (Wildman–Crippen MR) is 90.3 cm³/mol. The lowest BCUT2D eigenvalue weighted by molar-refractivity contribution is -0.146. The normalized spacial score (nSPS) is 22.8. The van der Waals surface area contributed by atoms with Crippen LogP contribution in [0.5, 0.6) is 5.75 Å². The lowest BCUT2D eigenvalue weighted by atomic mass is 10.1. The first-order valence-electron chi connectivity index (χ1n) is 8.69. The van der Waals surface area contributed by atoms with Crippen molar-refractivity contribution in [1.82, 2.24) is 20.1 Å². The van der Waals surface area contributed by atoms with Gasteiger partial charge in [-0.2, -0.15) is 5.10 Å². The molecule has 1 fully saturated rings. The first kappa shape index (κ1) is 16.1. The molecular formula is C18H22N4O3. The Morgan fingerprint density at radius 2 is 2.20 bits per heavy atom. The van der Waals surface area contributed by atoms with Crippen LogP contribution >= 0.6 is 0 Å². The lowest BCUT2D eigenvalue weighted by Crippen LogP contribution is -2.48. The van der Waals surface area contributed by atoms with Crippen molar-refractivity contribution in [3.8, 4) is 5.75 Å². The van der Waals surface area contributed by atoms with Crippen LogP contribution in [0.25, 0.3) is 0 Å². The van der Waals surface area contributed by atoms with Gasteiger partial charge in [0.2, 0.25) is 0 Å². The smallest absolute Gasteiger partial charge is 0.264 e. The molecular weight excluding hydrogens is 320 g/mol. The molecule has 2 atom stereocenters. The van der Waals surface area contributed by atoms with Gasteiger partial charge in [0, 0.05) is 18.9 Å². The van der Waals surface area contributed by atoms with Crippen LogP contribution in [0.15, 0.2) is 24.3 Å². The number of carbonyl (C=O) groups excluding carboxylic acids is 1. The van der Waals surface area contributed by atoms with Crippen molar-refractivity contribution in [1.29, 1.82) is 0 Å². The molecule has 1 N–H and O–H groups in total. The van der Waals surface area contributed by atoms with Gasteiger partial charge >= 0.3 is 0 Å². The Kier molecular flexibility index (Phi) is 4.17. The van der Waals surface area contributed by atoms with Gasteiger partial charge in [0.25, 0.3) is 5.91 Å².